The summed E-state index contributed by atoms with van der Waals surface area (Å²) in [6.45, 7) is 17.7. The predicted molar refractivity (Wildman–Crippen MR) is 206 cm³/mol. The minimum atomic E-state index is 0. The number of rotatable bonds is 10. The molecule has 0 saturated heterocycles. The van der Waals surface area contributed by atoms with Crippen molar-refractivity contribution >= 4 is 21.8 Å². The van der Waals surface area contributed by atoms with Crippen LogP contribution >= 0.6 is 0 Å². The number of ether oxygens (including phenoxy) is 1. The molecule has 5 nitrogen and oxygen atoms in total. The van der Waals surface area contributed by atoms with E-state index < -0.39 is 0 Å². The summed E-state index contributed by atoms with van der Waals surface area (Å²) < 4.78 is 11.0. The fourth-order valence-electron chi connectivity index (χ4n) is 7.25. The quantitative estimate of drug-likeness (QED) is 0.103. The molecule has 6 heteroatoms. The Hall–Kier alpha value is -4.50. The minimum absolute atomic E-state index is 0. The number of para-hydroxylation sites is 1. The van der Waals surface area contributed by atoms with Gasteiger partial charge < -0.3 is 9.30 Å². The maximum atomic E-state index is 6.70. The molecule has 7 aromatic rings. The molecule has 3 heterocycles. The van der Waals surface area contributed by atoms with Crippen LogP contribution in [0, 0.1) is 32.9 Å². The topological polar surface area (TPSA) is 44.9 Å². The van der Waals surface area contributed by atoms with Crippen LogP contribution in [-0.4, -0.2) is 19.3 Å². The van der Waals surface area contributed by atoms with Crippen molar-refractivity contribution in [2.75, 3.05) is 0 Å². The van der Waals surface area contributed by atoms with E-state index in [-0.39, 0.29) is 32.3 Å². The van der Waals surface area contributed by atoms with Crippen LogP contribution < -0.4 is 4.74 Å². The molecule has 0 radical (unpaired) electrons. The van der Waals surface area contributed by atoms with Gasteiger partial charge in [-0.05, 0) is 84.1 Å². The molecule has 0 atom stereocenters. The van der Waals surface area contributed by atoms with Gasteiger partial charge in [-0.15, -0.1) is 35.7 Å². The van der Waals surface area contributed by atoms with Crippen molar-refractivity contribution in [1.82, 2.24) is 19.3 Å². The molecule has 0 amide bonds. The zero-order valence-electron chi connectivity index (χ0n) is 30.9. The van der Waals surface area contributed by atoms with Gasteiger partial charge in [0, 0.05) is 28.8 Å². The largest absolute Gasteiger partial charge is 2.00 e. The summed E-state index contributed by atoms with van der Waals surface area (Å²) in [4.78, 5) is 4.74. The van der Waals surface area contributed by atoms with E-state index in [0.717, 1.165) is 63.8 Å². The first-order valence-electron chi connectivity index (χ1n) is 18.0. The number of aromatic nitrogens is 4. The average molecular weight is 765 g/mol. The molecular weight excluding hydrogens is 719 g/mol. The Morgan fingerprint density at radius 2 is 1.53 bits per heavy atom. The molecule has 7 rings (SSSR count). The number of benzene rings is 4. The van der Waals surface area contributed by atoms with Gasteiger partial charge in [-0.2, -0.15) is 16.7 Å². The number of unbranched alkanes of at least 4 members (excludes halogenated alkanes) is 1. The van der Waals surface area contributed by atoms with E-state index in [4.69, 9.17) is 14.8 Å². The summed E-state index contributed by atoms with van der Waals surface area (Å²) in [5, 5.41) is 7.62. The van der Waals surface area contributed by atoms with E-state index in [9.17, 15) is 0 Å². The molecular formula is C45H46N4OPd. The fraction of sp³-hybridized carbons (Fsp3) is 0.289. The van der Waals surface area contributed by atoms with Crippen LogP contribution in [0.5, 0.6) is 11.5 Å². The van der Waals surface area contributed by atoms with Gasteiger partial charge in [-0.25, -0.2) is 4.98 Å². The number of pyridine rings is 1. The number of hydrogen-bond acceptors (Lipinski definition) is 3. The van der Waals surface area contributed by atoms with Crippen LogP contribution in [0.4, 0.5) is 0 Å². The van der Waals surface area contributed by atoms with Gasteiger partial charge in [0.1, 0.15) is 5.82 Å². The smallest absolute Gasteiger partial charge is 0.509 e. The third-order valence-electron chi connectivity index (χ3n) is 9.62. The maximum absolute atomic E-state index is 6.70. The van der Waals surface area contributed by atoms with Gasteiger partial charge in [-0.1, -0.05) is 95.8 Å². The van der Waals surface area contributed by atoms with E-state index in [2.05, 4.69) is 144 Å². The van der Waals surface area contributed by atoms with Gasteiger partial charge in [0.25, 0.3) is 0 Å². The molecule has 0 saturated carbocycles. The normalized spacial score (nSPS) is 11.6. The van der Waals surface area contributed by atoms with Crippen LogP contribution in [0.3, 0.4) is 0 Å². The van der Waals surface area contributed by atoms with Gasteiger partial charge in [-0.3, -0.25) is 4.68 Å². The van der Waals surface area contributed by atoms with E-state index in [0.29, 0.717) is 11.5 Å². The summed E-state index contributed by atoms with van der Waals surface area (Å²) in [6, 6.07) is 34.9. The Morgan fingerprint density at radius 1 is 0.765 bits per heavy atom. The Bertz CT molecular complexity index is 2320. The molecule has 3 aromatic heterocycles. The molecule has 0 fully saturated rings. The van der Waals surface area contributed by atoms with Crippen molar-refractivity contribution in [2.45, 2.75) is 86.5 Å². The summed E-state index contributed by atoms with van der Waals surface area (Å²) in [5.74, 6) is 2.63. The molecule has 0 spiro atoms. The molecule has 0 aliphatic rings. The number of aryl methyl sites for hydroxylation is 4. The fourth-order valence-corrected chi connectivity index (χ4v) is 7.25. The van der Waals surface area contributed by atoms with Gasteiger partial charge in [0.15, 0.2) is 0 Å². The second-order valence-electron chi connectivity index (χ2n) is 14.2. The van der Waals surface area contributed by atoms with Crippen LogP contribution in [0.15, 0.2) is 85.1 Å². The molecule has 0 aliphatic carbocycles. The zero-order valence-corrected chi connectivity index (χ0v) is 32.4. The van der Waals surface area contributed by atoms with Crippen molar-refractivity contribution in [1.29, 1.82) is 0 Å². The second-order valence-corrected chi connectivity index (χ2v) is 14.2. The third kappa shape index (κ3) is 6.93. The first-order chi connectivity index (χ1) is 24.1. The van der Waals surface area contributed by atoms with Crippen molar-refractivity contribution in [2.24, 2.45) is 0 Å². The molecule has 51 heavy (non-hydrogen) atoms. The van der Waals surface area contributed by atoms with Crippen molar-refractivity contribution in [3.8, 4) is 34.1 Å². The Kier molecular flexibility index (Phi) is 10.7. The number of nitrogens with zero attached hydrogens (tertiary/aromatic N) is 4. The molecule has 0 aliphatic heterocycles. The Balaban J connectivity index is 0.00000448. The summed E-state index contributed by atoms with van der Waals surface area (Å²) in [7, 11) is 0. The van der Waals surface area contributed by atoms with Gasteiger partial charge >= 0.3 is 20.4 Å². The Labute approximate surface area is 316 Å². The van der Waals surface area contributed by atoms with Crippen LogP contribution in [0.1, 0.15) is 92.9 Å². The first kappa shape index (κ1) is 36.3. The van der Waals surface area contributed by atoms with Gasteiger partial charge in [0.2, 0.25) is 0 Å². The van der Waals surface area contributed by atoms with E-state index >= 15 is 0 Å². The van der Waals surface area contributed by atoms with Crippen LogP contribution in [0.25, 0.3) is 44.4 Å². The molecule has 262 valence electrons. The molecule has 4 aromatic carbocycles. The molecule has 0 bridgehead atoms. The van der Waals surface area contributed by atoms with Crippen molar-refractivity contribution < 1.29 is 25.2 Å². The Morgan fingerprint density at radius 3 is 2.24 bits per heavy atom. The van der Waals surface area contributed by atoms with E-state index in [1.165, 1.54) is 33.5 Å². The number of hydrogen-bond donors (Lipinski definition) is 0. The standard InChI is InChI=1S/C45H46N4O.Pd/c1-9-10-16-33-24-34(49-45(29(4)5)43(44(47-49)28(2)3)42-31(7)14-13-15-32(42)8)26-36(25-33)50-35-19-20-38-37-17-11-12-18-39(37)48(40(38)27-35)41-23-30(6)21-22-46-41;/h11-15,17-25,28-29H,9-10,16H2,1-8H3;/q-2;+2. The van der Waals surface area contributed by atoms with Crippen molar-refractivity contribution in [3.05, 3.63) is 131 Å². The van der Waals surface area contributed by atoms with E-state index in [1.54, 1.807) is 0 Å². The van der Waals surface area contributed by atoms with Gasteiger partial charge in [0.05, 0.1) is 11.4 Å². The third-order valence-corrected chi connectivity index (χ3v) is 9.62. The van der Waals surface area contributed by atoms with Crippen LogP contribution in [-0.2, 0) is 26.8 Å². The predicted octanol–water partition coefficient (Wildman–Crippen LogP) is 11.9. The summed E-state index contributed by atoms with van der Waals surface area (Å²) >= 11 is 0. The minimum Gasteiger partial charge on any atom is -0.509 e. The average Bonchev–Trinajstić information content (AvgIpc) is 3.64. The number of fused-ring (bicyclic) bond motifs is 3. The monoisotopic (exact) mass is 764 g/mol. The zero-order chi connectivity index (χ0) is 35.1. The molecule has 0 N–H and O–H groups in total. The van der Waals surface area contributed by atoms with Crippen LogP contribution in [0.2, 0.25) is 0 Å². The summed E-state index contributed by atoms with van der Waals surface area (Å²) in [5.41, 5.74) is 12.6. The van der Waals surface area contributed by atoms with Crippen molar-refractivity contribution in [3.63, 3.8) is 0 Å². The van der Waals surface area contributed by atoms with E-state index in [1.807, 2.05) is 18.3 Å². The maximum Gasteiger partial charge on any atom is 2.00 e. The first-order valence-corrected chi connectivity index (χ1v) is 18.0. The summed E-state index contributed by atoms with van der Waals surface area (Å²) in [6.07, 6.45) is 5.01. The SMILES string of the molecule is CCCCc1cc(Oc2[c-]c3c(cc2)c2ccccc2n3-c2cc(C)ccn2)[c-]c(-n2nc(C(C)C)c(-c3c(C)cccc3C)c2C(C)C)c1.[Pd+2]. The molecule has 0 unspecified atom stereocenters. The second kappa shape index (κ2) is 15.0.